The van der Waals surface area contributed by atoms with Crippen LogP contribution in [-0.2, 0) is 0 Å². The molecule has 136 valence electrons. The van der Waals surface area contributed by atoms with Crippen LogP contribution in [0.4, 0.5) is 0 Å². The van der Waals surface area contributed by atoms with Crippen molar-refractivity contribution in [1.82, 2.24) is 4.90 Å². The molecule has 26 heavy (non-hydrogen) atoms. The number of furan rings is 1. The predicted molar refractivity (Wildman–Crippen MR) is 97.9 cm³/mol. The van der Waals surface area contributed by atoms with Crippen LogP contribution in [0.2, 0.25) is 0 Å². The van der Waals surface area contributed by atoms with Gasteiger partial charge in [-0.1, -0.05) is 0 Å². The number of aromatic hydroxyl groups is 1. The summed E-state index contributed by atoms with van der Waals surface area (Å²) < 4.78 is 17.2. The van der Waals surface area contributed by atoms with Gasteiger partial charge < -0.3 is 23.6 Å². The Labute approximate surface area is 150 Å². The SMILES string of the molecule is Cc1c(-c2cc3cc(OC4CCN(C)C4)ccc3o2)oc(=O)c(C)c1O. The predicted octanol–water partition coefficient (Wildman–Crippen LogP) is 3.46. The molecule has 1 aliphatic rings. The van der Waals surface area contributed by atoms with Crippen molar-refractivity contribution < 1.29 is 18.7 Å². The molecule has 4 rings (SSSR count). The van der Waals surface area contributed by atoms with E-state index in [0.29, 0.717) is 16.9 Å². The molecular weight excluding hydrogens is 334 g/mol. The van der Waals surface area contributed by atoms with Gasteiger partial charge in [0.05, 0.1) is 5.56 Å². The Balaban J connectivity index is 1.69. The average molecular weight is 355 g/mol. The summed E-state index contributed by atoms with van der Waals surface area (Å²) in [6.45, 7) is 5.18. The number of hydrogen-bond acceptors (Lipinski definition) is 6. The van der Waals surface area contributed by atoms with Crippen LogP contribution in [0.3, 0.4) is 0 Å². The van der Waals surface area contributed by atoms with Crippen LogP contribution in [0.1, 0.15) is 17.5 Å². The second-order valence-corrected chi connectivity index (χ2v) is 6.92. The Kier molecular flexibility index (Phi) is 4.00. The number of likely N-dealkylation sites (tertiary alicyclic amines) is 1. The van der Waals surface area contributed by atoms with Crippen molar-refractivity contribution in [3.05, 3.63) is 45.8 Å². The molecule has 0 saturated carbocycles. The first kappa shape index (κ1) is 16.7. The van der Waals surface area contributed by atoms with E-state index in [1.54, 1.807) is 13.0 Å². The van der Waals surface area contributed by atoms with Gasteiger partial charge in [0.15, 0.2) is 11.5 Å². The largest absolute Gasteiger partial charge is 0.507 e. The molecule has 0 spiro atoms. The minimum absolute atomic E-state index is 0.0638. The first-order valence-corrected chi connectivity index (χ1v) is 8.65. The highest BCUT2D eigenvalue weighted by molar-refractivity contribution is 5.84. The number of rotatable bonds is 3. The third kappa shape index (κ3) is 2.86. The molecular formula is C20H21NO5. The molecule has 0 radical (unpaired) electrons. The van der Waals surface area contributed by atoms with Crippen LogP contribution < -0.4 is 10.4 Å². The molecule has 1 aromatic carbocycles. The van der Waals surface area contributed by atoms with Crippen molar-refractivity contribution in [2.45, 2.75) is 26.4 Å². The molecule has 0 aliphatic carbocycles. The number of ether oxygens (including phenoxy) is 1. The molecule has 1 fully saturated rings. The summed E-state index contributed by atoms with van der Waals surface area (Å²) in [5.74, 6) is 1.37. The highest BCUT2D eigenvalue weighted by Crippen LogP contribution is 2.34. The number of fused-ring (bicyclic) bond motifs is 1. The molecule has 3 heterocycles. The van der Waals surface area contributed by atoms with E-state index >= 15 is 0 Å². The van der Waals surface area contributed by atoms with E-state index in [1.807, 2.05) is 18.2 Å². The lowest BCUT2D eigenvalue weighted by atomic mass is 10.1. The van der Waals surface area contributed by atoms with E-state index in [1.165, 1.54) is 6.92 Å². The lowest BCUT2D eigenvalue weighted by molar-refractivity contribution is 0.208. The summed E-state index contributed by atoms with van der Waals surface area (Å²) in [5.41, 5.74) is 0.766. The monoisotopic (exact) mass is 355 g/mol. The Morgan fingerprint density at radius 1 is 1.19 bits per heavy atom. The minimum atomic E-state index is -0.571. The van der Waals surface area contributed by atoms with Crippen LogP contribution in [0.5, 0.6) is 11.5 Å². The maximum absolute atomic E-state index is 11.9. The molecule has 6 heteroatoms. The Morgan fingerprint density at radius 2 is 2.00 bits per heavy atom. The lowest BCUT2D eigenvalue weighted by Gasteiger charge is -2.13. The zero-order valence-electron chi connectivity index (χ0n) is 15.0. The standard InChI is InChI=1S/C20H21NO5/c1-11-18(22)12(2)20(23)26-19(11)17-9-13-8-14(4-5-16(13)25-17)24-15-6-7-21(3)10-15/h4-5,8-9,15,22H,6-7,10H2,1-3H3. The van der Waals surface area contributed by atoms with Gasteiger partial charge in [-0.05, 0) is 51.6 Å². The number of likely N-dealkylation sites (N-methyl/N-ethyl adjacent to an activating group) is 1. The first-order valence-electron chi connectivity index (χ1n) is 8.65. The average Bonchev–Trinajstić information content (AvgIpc) is 3.21. The van der Waals surface area contributed by atoms with Crippen LogP contribution in [0.25, 0.3) is 22.5 Å². The quantitative estimate of drug-likeness (QED) is 0.775. The summed E-state index contributed by atoms with van der Waals surface area (Å²) >= 11 is 0. The van der Waals surface area contributed by atoms with Gasteiger partial charge in [0.2, 0.25) is 0 Å². The Morgan fingerprint density at radius 3 is 2.73 bits per heavy atom. The number of nitrogens with zero attached hydrogens (tertiary/aromatic N) is 1. The molecule has 0 amide bonds. The maximum Gasteiger partial charge on any atom is 0.343 e. The van der Waals surface area contributed by atoms with Crippen LogP contribution in [0, 0.1) is 13.8 Å². The maximum atomic E-state index is 11.9. The van der Waals surface area contributed by atoms with E-state index in [4.69, 9.17) is 13.6 Å². The van der Waals surface area contributed by atoms with Crippen molar-refractivity contribution >= 4 is 11.0 Å². The third-order valence-electron chi connectivity index (χ3n) is 4.91. The topological polar surface area (TPSA) is 76.0 Å². The smallest absolute Gasteiger partial charge is 0.343 e. The molecule has 1 aliphatic heterocycles. The van der Waals surface area contributed by atoms with E-state index in [-0.39, 0.29) is 23.2 Å². The molecule has 2 aromatic heterocycles. The van der Waals surface area contributed by atoms with Gasteiger partial charge in [0.25, 0.3) is 0 Å². The van der Waals surface area contributed by atoms with Crippen LogP contribution in [-0.4, -0.2) is 36.2 Å². The summed E-state index contributed by atoms with van der Waals surface area (Å²) in [6, 6.07) is 7.43. The third-order valence-corrected chi connectivity index (χ3v) is 4.91. The van der Waals surface area contributed by atoms with E-state index in [2.05, 4.69) is 11.9 Å². The van der Waals surface area contributed by atoms with Crippen LogP contribution >= 0.6 is 0 Å². The van der Waals surface area contributed by atoms with Crippen LogP contribution in [0.15, 0.2) is 37.9 Å². The van der Waals surface area contributed by atoms with Gasteiger partial charge in [-0.3, -0.25) is 0 Å². The van der Waals surface area contributed by atoms with Crippen molar-refractivity contribution in [3.8, 4) is 23.0 Å². The van der Waals surface area contributed by atoms with Gasteiger partial charge in [-0.2, -0.15) is 0 Å². The molecule has 6 nitrogen and oxygen atoms in total. The van der Waals surface area contributed by atoms with Crippen molar-refractivity contribution in [1.29, 1.82) is 0 Å². The van der Waals surface area contributed by atoms with E-state index < -0.39 is 5.63 Å². The fraction of sp³-hybridized carbons (Fsp3) is 0.350. The zero-order valence-corrected chi connectivity index (χ0v) is 15.0. The summed E-state index contributed by atoms with van der Waals surface area (Å²) in [5, 5.41) is 11.0. The Bertz CT molecular complexity index is 1030. The van der Waals surface area contributed by atoms with Gasteiger partial charge in [0.1, 0.15) is 23.2 Å². The van der Waals surface area contributed by atoms with E-state index in [9.17, 15) is 9.90 Å². The van der Waals surface area contributed by atoms with Gasteiger partial charge in [-0.25, -0.2) is 4.79 Å². The summed E-state index contributed by atoms with van der Waals surface area (Å²) in [6.07, 6.45) is 1.20. The molecule has 1 atom stereocenters. The second kappa shape index (κ2) is 6.21. The van der Waals surface area contributed by atoms with Crippen molar-refractivity contribution in [2.75, 3.05) is 20.1 Å². The molecule has 1 unspecified atom stereocenters. The molecule has 1 N–H and O–H groups in total. The minimum Gasteiger partial charge on any atom is -0.507 e. The lowest BCUT2D eigenvalue weighted by Crippen LogP contribution is -2.21. The zero-order chi connectivity index (χ0) is 18.4. The molecule has 1 saturated heterocycles. The second-order valence-electron chi connectivity index (χ2n) is 6.92. The normalized spacial score (nSPS) is 17.9. The fourth-order valence-corrected chi connectivity index (χ4v) is 3.36. The van der Waals surface area contributed by atoms with Gasteiger partial charge in [0, 0.05) is 24.0 Å². The highest BCUT2D eigenvalue weighted by Gasteiger charge is 2.22. The Hall–Kier alpha value is -2.73. The van der Waals surface area contributed by atoms with Gasteiger partial charge in [-0.15, -0.1) is 0 Å². The number of benzene rings is 1. The number of hydrogen-bond donors (Lipinski definition) is 1. The van der Waals surface area contributed by atoms with Crippen molar-refractivity contribution in [2.24, 2.45) is 0 Å². The van der Waals surface area contributed by atoms with Crippen molar-refractivity contribution in [3.63, 3.8) is 0 Å². The fourth-order valence-electron chi connectivity index (χ4n) is 3.36. The van der Waals surface area contributed by atoms with E-state index in [0.717, 1.165) is 30.6 Å². The highest BCUT2D eigenvalue weighted by atomic mass is 16.5. The summed E-state index contributed by atoms with van der Waals surface area (Å²) in [4.78, 5) is 14.1. The van der Waals surface area contributed by atoms with Gasteiger partial charge >= 0.3 is 5.63 Å². The molecule has 0 bridgehead atoms. The molecule has 3 aromatic rings. The summed E-state index contributed by atoms with van der Waals surface area (Å²) in [7, 11) is 2.09. The first-order chi connectivity index (χ1) is 12.4.